The maximum absolute atomic E-state index is 2.22. The summed E-state index contributed by atoms with van der Waals surface area (Å²) in [5, 5.41) is 4.36. The van der Waals surface area contributed by atoms with E-state index in [9.17, 15) is 0 Å². The zero-order chi connectivity index (χ0) is 11.3. The van der Waals surface area contributed by atoms with E-state index in [0.717, 1.165) is 0 Å². The highest BCUT2D eigenvalue weighted by Gasteiger charge is 1.94. The maximum Gasteiger partial charge on any atom is -0.0213 e. The van der Waals surface area contributed by atoms with E-state index in [1.165, 1.54) is 22.3 Å². The predicted molar refractivity (Wildman–Crippen MR) is 71.9 cm³/mol. The van der Waals surface area contributed by atoms with E-state index >= 15 is 0 Å². The lowest BCUT2D eigenvalue weighted by molar-refractivity contribution is 1.42. The summed E-state index contributed by atoms with van der Waals surface area (Å²) in [7, 11) is 0. The van der Waals surface area contributed by atoms with E-state index in [-0.39, 0.29) is 0 Å². The number of hydrogen-bond donors (Lipinski definition) is 0. The molecule has 0 bridgehead atoms. The molecule has 0 fully saturated rings. The Labute approximate surface area is 97.1 Å². The SMILES string of the molecule is CC(C)=CS/C=C(\C)c1cccc(C)c1. The number of benzene rings is 1. The smallest absolute Gasteiger partial charge is 0.0213 e. The zero-order valence-corrected chi connectivity index (χ0v) is 10.7. The molecule has 0 amide bonds. The van der Waals surface area contributed by atoms with Crippen molar-refractivity contribution in [2.75, 3.05) is 0 Å². The van der Waals surface area contributed by atoms with Gasteiger partial charge >= 0.3 is 0 Å². The first-order valence-corrected chi connectivity index (χ1v) is 6.06. The van der Waals surface area contributed by atoms with Crippen molar-refractivity contribution in [2.45, 2.75) is 27.7 Å². The summed E-state index contributed by atoms with van der Waals surface area (Å²) in [6.07, 6.45) is 0. The van der Waals surface area contributed by atoms with Crippen LogP contribution in [-0.4, -0.2) is 0 Å². The largest absolute Gasteiger partial charge is 0.106 e. The molecule has 0 radical (unpaired) electrons. The van der Waals surface area contributed by atoms with E-state index in [2.05, 4.69) is 62.8 Å². The quantitative estimate of drug-likeness (QED) is 0.687. The molecule has 0 nitrogen and oxygen atoms in total. The van der Waals surface area contributed by atoms with Gasteiger partial charge in [0.05, 0.1) is 0 Å². The minimum absolute atomic E-state index is 1.31. The highest BCUT2D eigenvalue weighted by atomic mass is 32.2. The van der Waals surface area contributed by atoms with Gasteiger partial charge in [0.1, 0.15) is 0 Å². The maximum atomic E-state index is 2.22. The van der Waals surface area contributed by atoms with Crippen LogP contribution in [0.1, 0.15) is 31.9 Å². The lowest BCUT2D eigenvalue weighted by Crippen LogP contribution is -1.79. The Kier molecular flexibility index (Phi) is 4.70. The van der Waals surface area contributed by atoms with E-state index in [0.29, 0.717) is 0 Å². The molecule has 0 aliphatic carbocycles. The molecule has 1 heteroatoms. The Bertz CT molecular complexity index is 382. The van der Waals surface area contributed by atoms with Crippen LogP contribution in [0.15, 0.2) is 40.7 Å². The highest BCUT2D eigenvalue weighted by molar-refractivity contribution is 8.05. The lowest BCUT2D eigenvalue weighted by atomic mass is 10.1. The van der Waals surface area contributed by atoms with Crippen molar-refractivity contribution >= 4 is 17.3 Å². The van der Waals surface area contributed by atoms with Crippen LogP contribution in [0.3, 0.4) is 0 Å². The Morgan fingerprint density at radius 1 is 1.13 bits per heavy atom. The molecule has 0 atom stereocenters. The Hall–Kier alpha value is -0.950. The fourth-order valence-corrected chi connectivity index (χ4v) is 1.91. The van der Waals surface area contributed by atoms with E-state index in [1.54, 1.807) is 11.8 Å². The van der Waals surface area contributed by atoms with Crippen molar-refractivity contribution in [1.29, 1.82) is 0 Å². The monoisotopic (exact) mass is 218 g/mol. The van der Waals surface area contributed by atoms with Crippen molar-refractivity contribution in [1.82, 2.24) is 0 Å². The third kappa shape index (κ3) is 4.39. The van der Waals surface area contributed by atoms with Crippen LogP contribution in [0.25, 0.3) is 5.57 Å². The van der Waals surface area contributed by atoms with Crippen LogP contribution in [0.2, 0.25) is 0 Å². The molecule has 0 saturated heterocycles. The third-order valence-corrected chi connectivity index (χ3v) is 3.12. The number of allylic oxidation sites excluding steroid dienone is 2. The van der Waals surface area contributed by atoms with Crippen molar-refractivity contribution in [3.8, 4) is 0 Å². The van der Waals surface area contributed by atoms with Crippen LogP contribution in [0, 0.1) is 6.92 Å². The summed E-state index contributed by atoms with van der Waals surface area (Å²) in [6.45, 7) is 8.51. The van der Waals surface area contributed by atoms with Crippen molar-refractivity contribution in [2.24, 2.45) is 0 Å². The molecule has 15 heavy (non-hydrogen) atoms. The van der Waals surface area contributed by atoms with Gasteiger partial charge in [0.15, 0.2) is 0 Å². The molecule has 0 aliphatic rings. The number of hydrogen-bond acceptors (Lipinski definition) is 1. The van der Waals surface area contributed by atoms with Crippen LogP contribution in [0.4, 0.5) is 0 Å². The van der Waals surface area contributed by atoms with E-state index in [4.69, 9.17) is 0 Å². The number of rotatable bonds is 3. The van der Waals surface area contributed by atoms with Crippen LogP contribution < -0.4 is 0 Å². The molecule has 0 N–H and O–H groups in total. The minimum Gasteiger partial charge on any atom is -0.106 e. The molecule has 0 aromatic heterocycles. The first-order chi connectivity index (χ1) is 7.09. The molecule has 0 spiro atoms. The third-order valence-electron chi connectivity index (χ3n) is 2.02. The number of thioether (sulfide) groups is 1. The average Bonchev–Trinajstić information content (AvgIpc) is 2.17. The van der Waals surface area contributed by atoms with Gasteiger partial charge in [-0.2, -0.15) is 0 Å². The van der Waals surface area contributed by atoms with Gasteiger partial charge in [-0.25, -0.2) is 0 Å². The van der Waals surface area contributed by atoms with Gasteiger partial charge in [0.25, 0.3) is 0 Å². The Morgan fingerprint density at radius 3 is 2.47 bits per heavy atom. The predicted octanol–water partition coefficient (Wildman–Crippen LogP) is 5.01. The molecule has 0 aliphatic heterocycles. The van der Waals surface area contributed by atoms with E-state index < -0.39 is 0 Å². The summed E-state index contributed by atoms with van der Waals surface area (Å²) in [4.78, 5) is 0. The average molecular weight is 218 g/mol. The Balaban J connectivity index is 2.76. The lowest BCUT2D eigenvalue weighted by Gasteiger charge is -2.01. The summed E-state index contributed by atoms with van der Waals surface area (Å²) in [5.41, 5.74) is 5.28. The van der Waals surface area contributed by atoms with Gasteiger partial charge in [-0.15, -0.1) is 11.8 Å². The van der Waals surface area contributed by atoms with Gasteiger partial charge in [-0.3, -0.25) is 0 Å². The van der Waals surface area contributed by atoms with Crippen LogP contribution in [-0.2, 0) is 0 Å². The summed E-state index contributed by atoms with van der Waals surface area (Å²) in [6, 6.07) is 8.60. The van der Waals surface area contributed by atoms with Crippen molar-refractivity contribution in [3.05, 3.63) is 51.8 Å². The molecule has 80 valence electrons. The molecular formula is C14H18S. The summed E-state index contributed by atoms with van der Waals surface area (Å²) >= 11 is 1.75. The second-order valence-corrected chi connectivity index (χ2v) is 4.75. The number of aryl methyl sites for hydroxylation is 1. The molecule has 1 rings (SSSR count). The molecule has 1 aromatic carbocycles. The normalized spacial score (nSPS) is 11.3. The van der Waals surface area contributed by atoms with Gasteiger partial charge in [-0.1, -0.05) is 35.4 Å². The molecule has 0 heterocycles. The summed E-state index contributed by atoms with van der Waals surface area (Å²) < 4.78 is 0. The highest BCUT2D eigenvalue weighted by Crippen LogP contribution is 2.20. The topological polar surface area (TPSA) is 0 Å². The standard InChI is InChI=1S/C14H18S/c1-11(2)9-15-10-13(4)14-7-5-6-12(3)8-14/h5-10H,1-4H3/b13-10+. The van der Waals surface area contributed by atoms with Gasteiger partial charge < -0.3 is 0 Å². The minimum atomic E-state index is 1.31. The Morgan fingerprint density at radius 2 is 1.87 bits per heavy atom. The van der Waals surface area contributed by atoms with Crippen LogP contribution >= 0.6 is 11.8 Å². The second kappa shape index (κ2) is 5.82. The summed E-state index contributed by atoms with van der Waals surface area (Å²) in [5.74, 6) is 0. The fourth-order valence-electron chi connectivity index (χ4n) is 1.23. The van der Waals surface area contributed by atoms with E-state index in [1.807, 2.05) is 0 Å². The first kappa shape index (κ1) is 12.1. The zero-order valence-electron chi connectivity index (χ0n) is 9.87. The molecule has 1 aromatic rings. The first-order valence-electron chi connectivity index (χ1n) is 5.12. The molecular weight excluding hydrogens is 200 g/mol. The van der Waals surface area contributed by atoms with Gasteiger partial charge in [0.2, 0.25) is 0 Å². The molecule has 0 unspecified atom stereocenters. The van der Waals surface area contributed by atoms with Gasteiger partial charge in [-0.05, 0) is 49.6 Å². The van der Waals surface area contributed by atoms with Crippen molar-refractivity contribution in [3.63, 3.8) is 0 Å². The van der Waals surface area contributed by atoms with Crippen LogP contribution in [0.5, 0.6) is 0 Å². The van der Waals surface area contributed by atoms with Gasteiger partial charge in [0, 0.05) is 0 Å². The van der Waals surface area contributed by atoms with Crippen molar-refractivity contribution < 1.29 is 0 Å². The second-order valence-electron chi connectivity index (χ2n) is 4.00. The molecule has 0 saturated carbocycles. The fraction of sp³-hybridized carbons (Fsp3) is 0.286.